The van der Waals surface area contributed by atoms with Crippen molar-refractivity contribution >= 4 is 63.0 Å². The highest BCUT2D eigenvalue weighted by Gasteiger charge is 2.34. The van der Waals surface area contributed by atoms with Gasteiger partial charge in [-0.05, 0) is 90.4 Å². The number of hydrogen-bond donors (Lipinski definition) is 3. The Morgan fingerprint density at radius 1 is 1.02 bits per heavy atom. The highest BCUT2D eigenvalue weighted by molar-refractivity contribution is 8.77. The Labute approximate surface area is 389 Å². The van der Waals surface area contributed by atoms with Crippen LogP contribution in [-0.4, -0.2) is 101 Å². The normalized spacial score (nSPS) is 20.5. The van der Waals surface area contributed by atoms with E-state index < -0.39 is 66.0 Å². The number of rotatable bonds is 16. The molecule has 1 aromatic heterocycles. The molecule has 0 bridgehead atoms. The second-order valence-corrected chi connectivity index (χ2v) is 20.3. The van der Waals surface area contributed by atoms with E-state index in [9.17, 15) is 29.1 Å². The van der Waals surface area contributed by atoms with Gasteiger partial charge in [-0.3, -0.25) is 14.4 Å². The lowest BCUT2D eigenvalue weighted by atomic mass is 9.90. The molecular weight excluding hydrogens is 880 g/mol. The van der Waals surface area contributed by atoms with E-state index >= 15 is 0 Å². The summed E-state index contributed by atoms with van der Waals surface area (Å²) in [6.45, 7) is 11.6. The van der Waals surface area contributed by atoms with Gasteiger partial charge in [-0.25, -0.2) is 14.6 Å². The Morgan fingerprint density at radius 2 is 1.72 bits per heavy atom. The summed E-state index contributed by atoms with van der Waals surface area (Å²) in [4.78, 5) is 72.5. The predicted octanol–water partition coefficient (Wildman–Crippen LogP) is 7.38. The second-order valence-electron chi connectivity index (χ2n) is 17.0. The van der Waals surface area contributed by atoms with Crippen LogP contribution >= 0.6 is 33.2 Å². The number of aromatic nitrogens is 1. The summed E-state index contributed by atoms with van der Waals surface area (Å²) in [7, 11) is 6.37. The zero-order valence-electron chi connectivity index (χ0n) is 37.7. The highest BCUT2D eigenvalue weighted by atomic mass is 35.5. The van der Waals surface area contributed by atoms with Gasteiger partial charge in [-0.1, -0.05) is 92.6 Å². The number of amides is 3. The molecule has 0 fully saturated rings. The molecule has 3 amide bonds. The van der Waals surface area contributed by atoms with E-state index in [1.165, 1.54) is 19.3 Å². The van der Waals surface area contributed by atoms with Crippen LogP contribution in [0.5, 0.6) is 5.75 Å². The predicted molar refractivity (Wildman–Crippen MR) is 249 cm³/mol. The van der Waals surface area contributed by atoms with E-state index in [0.717, 1.165) is 16.2 Å². The molecule has 1 aliphatic rings. The van der Waals surface area contributed by atoms with Crippen molar-refractivity contribution in [2.75, 3.05) is 27.2 Å². The molecule has 0 saturated heterocycles. The van der Waals surface area contributed by atoms with E-state index in [1.54, 1.807) is 71.8 Å². The first-order valence-electron chi connectivity index (χ1n) is 21.2. The third-order valence-corrected chi connectivity index (χ3v) is 13.8. The van der Waals surface area contributed by atoms with Crippen molar-refractivity contribution in [1.82, 2.24) is 20.5 Å². The van der Waals surface area contributed by atoms with Gasteiger partial charge in [0.05, 0.1) is 24.2 Å². The molecule has 14 nitrogen and oxygen atoms in total. The van der Waals surface area contributed by atoms with Crippen molar-refractivity contribution in [2.24, 2.45) is 17.8 Å². The maximum atomic E-state index is 13.7. The average molecular weight is 942 g/mol. The molecule has 348 valence electrons. The molecule has 6 atom stereocenters. The summed E-state index contributed by atoms with van der Waals surface area (Å²) in [6.07, 6.45) is 1.37. The fourth-order valence-electron chi connectivity index (χ4n) is 6.66. The number of benzene rings is 2. The van der Waals surface area contributed by atoms with Crippen LogP contribution in [0, 0.1) is 17.8 Å². The van der Waals surface area contributed by atoms with E-state index in [1.807, 2.05) is 56.3 Å². The molecule has 0 aliphatic carbocycles. The largest absolute Gasteiger partial charge is 0.495 e. The quantitative estimate of drug-likeness (QED) is 0.0736. The average Bonchev–Trinajstić information content (AvgIpc) is 3.25. The summed E-state index contributed by atoms with van der Waals surface area (Å²) in [5.74, 6) is -3.67. The summed E-state index contributed by atoms with van der Waals surface area (Å²) < 4.78 is 22.3. The van der Waals surface area contributed by atoms with Gasteiger partial charge in [0.1, 0.15) is 29.5 Å². The summed E-state index contributed by atoms with van der Waals surface area (Å²) >= 11 is 6.34. The van der Waals surface area contributed by atoms with Crippen molar-refractivity contribution in [3.63, 3.8) is 0 Å². The summed E-state index contributed by atoms with van der Waals surface area (Å²) in [5.41, 5.74) is 2.20. The van der Waals surface area contributed by atoms with Crippen LogP contribution < -0.4 is 15.4 Å². The smallest absolute Gasteiger partial charge is 0.409 e. The number of carbonyl (C=O) groups excluding carboxylic acids is 5. The Balaban J connectivity index is 1.43. The SMILES string of the molecule is COc1ccc(C[C@H]2NC(=O)/C=C/C[C@@H]([C@H](C)[C@H](O)Cc3ccc(COC(=O)N(C)CC(C)(C)SSc4ccccn4)cc3)OC(=O)[C@H](CC(C)C)OC(=O)[C@H](C)CNC2=O)cc1Cl. The lowest BCUT2D eigenvalue weighted by Gasteiger charge is -2.29. The zero-order chi connectivity index (χ0) is 47.0. The number of halogens is 1. The summed E-state index contributed by atoms with van der Waals surface area (Å²) in [6, 6.07) is 17.0. The lowest BCUT2D eigenvalue weighted by Crippen LogP contribution is -2.49. The number of methoxy groups -OCH3 is 1. The van der Waals surface area contributed by atoms with Gasteiger partial charge in [0, 0.05) is 49.8 Å². The number of esters is 2. The van der Waals surface area contributed by atoms with Crippen molar-refractivity contribution in [3.8, 4) is 5.75 Å². The monoisotopic (exact) mass is 940 g/mol. The molecule has 64 heavy (non-hydrogen) atoms. The third-order valence-electron chi connectivity index (χ3n) is 10.3. The van der Waals surface area contributed by atoms with Crippen molar-refractivity contribution in [1.29, 1.82) is 0 Å². The minimum atomic E-state index is -1.24. The maximum Gasteiger partial charge on any atom is 0.409 e. The molecule has 0 spiro atoms. The number of carbonyl (C=O) groups is 5. The van der Waals surface area contributed by atoms with E-state index in [2.05, 4.69) is 29.5 Å². The minimum absolute atomic E-state index is 0.0266. The first kappa shape index (κ1) is 51.9. The van der Waals surface area contributed by atoms with Gasteiger partial charge in [0.15, 0.2) is 6.10 Å². The fraction of sp³-hybridized carbons (Fsp3) is 0.489. The molecule has 3 aromatic rings. The van der Waals surface area contributed by atoms with Gasteiger partial charge in [-0.15, -0.1) is 0 Å². The number of aliphatic hydroxyl groups is 1. The van der Waals surface area contributed by atoms with Crippen LogP contribution in [0.1, 0.15) is 71.1 Å². The summed E-state index contributed by atoms with van der Waals surface area (Å²) in [5, 5.41) is 18.2. The fourth-order valence-corrected chi connectivity index (χ4v) is 9.12. The molecule has 0 saturated carbocycles. The van der Waals surface area contributed by atoms with E-state index in [-0.39, 0.29) is 49.5 Å². The van der Waals surface area contributed by atoms with Crippen LogP contribution in [0.15, 0.2) is 84.0 Å². The topological polar surface area (TPSA) is 183 Å². The second kappa shape index (κ2) is 25.1. The van der Waals surface area contributed by atoms with Crippen molar-refractivity contribution in [3.05, 3.63) is 101 Å². The van der Waals surface area contributed by atoms with Gasteiger partial charge in [0.25, 0.3) is 0 Å². The Kier molecular flexibility index (Phi) is 20.3. The van der Waals surface area contributed by atoms with E-state index in [4.69, 9.17) is 30.5 Å². The number of nitrogens with one attached hydrogen (secondary N) is 2. The molecule has 3 N–H and O–H groups in total. The molecule has 17 heteroatoms. The molecule has 2 aromatic carbocycles. The molecule has 0 radical (unpaired) electrons. The van der Waals surface area contributed by atoms with Gasteiger partial charge >= 0.3 is 18.0 Å². The Bertz CT molecular complexity index is 2060. The van der Waals surface area contributed by atoms with Crippen LogP contribution in [0.3, 0.4) is 0 Å². The first-order chi connectivity index (χ1) is 30.3. The number of aliphatic hydroxyl groups excluding tert-OH is 1. The van der Waals surface area contributed by atoms with Crippen molar-refractivity contribution in [2.45, 2.75) is 108 Å². The molecule has 4 rings (SSSR count). The number of nitrogens with zero attached hydrogens (tertiary/aromatic N) is 2. The standard InChI is InChI=1S/C47H61ClN4O10S2/c1-29(2)22-40-45(57)61-38(12-11-13-41(54)51-36(43(55)50-26-30(3)44(56)62-40)24-34-19-20-39(59-8)35(48)23-34)31(4)37(53)25-32-15-17-33(18-16-32)27-60-46(58)52(7)28-47(5,6)64-63-42-14-9-10-21-49-42/h9-11,13-21,23,29-31,36-38,40,53H,12,22,24-28H2,1-8H3,(H,50,55)(H,51,54)/b13-11+/t30-,31-,36-,37-,38+,40+/m1/s1. The Hall–Kier alpha value is -4.77. The molecule has 2 heterocycles. The van der Waals surface area contributed by atoms with E-state index in [0.29, 0.717) is 22.9 Å². The van der Waals surface area contributed by atoms with Gasteiger partial charge in [-0.2, -0.15) is 0 Å². The minimum Gasteiger partial charge on any atom is -0.495 e. The first-order valence-corrected chi connectivity index (χ1v) is 23.8. The number of pyridine rings is 1. The molecule has 1 aliphatic heterocycles. The van der Waals surface area contributed by atoms with Crippen molar-refractivity contribution < 1.29 is 48.0 Å². The van der Waals surface area contributed by atoms with Crippen LogP contribution in [0.2, 0.25) is 5.02 Å². The van der Waals surface area contributed by atoms with Crippen LogP contribution in [0.4, 0.5) is 4.79 Å². The van der Waals surface area contributed by atoms with Gasteiger partial charge in [0.2, 0.25) is 11.8 Å². The maximum absolute atomic E-state index is 13.7. The highest BCUT2D eigenvalue weighted by Crippen LogP contribution is 2.40. The lowest BCUT2D eigenvalue weighted by molar-refractivity contribution is -0.177. The molecular formula is C47H61ClN4O10S2. The van der Waals surface area contributed by atoms with Crippen LogP contribution in [-0.2, 0) is 52.8 Å². The number of cyclic esters (lactones) is 2. The third kappa shape index (κ3) is 17.0. The number of ether oxygens (including phenoxy) is 4. The molecule has 0 unspecified atom stereocenters. The number of hydrogen-bond acceptors (Lipinski definition) is 13. The van der Waals surface area contributed by atoms with Crippen LogP contribution in [0.25, 0.3) is 0 Å². The Morgan fingerprint density at radius 3 is 2.38 bits per heavy atom. The van der Waals surface area contributed by atoms with Gasteiger partial charge < -0.3 is 39.6 Å². The zero-order valence-corrected chi connectivity index (χ0v) is 40.1.